The van der Waals surface area contributed by atoms with E-state index < -0.39 is 12.1 Å². The molecule has 114 valence electrons. The molecule has 0 radical (unpaired) electrons. The number of allylic oxidation sites excluding steroid dienone is 3. The summed E-state index contributed by atoms with van der Waals surface area (Å²) < 4.78 is 4.63. The zero-order chi connectivity index (χ0) is 16.1. The van der Waals surface area contributed by atoms with Crippen LogP contribution < -0.4 is 0 Å². The molecule has 2 atom stereocenters. The summed E-state index contributed by atoms with van der Waals surface area (Å²) in [5.41, 5.74) is 2.27. The monoisotopic (exact) mass is 280 g/mol. The number of carbonyl (C=O) groups is 1. The Morgan fingerprint density at radius 3 is 2.20 bits per heavy atom. The number of aliphatic hydroxyl groups is 1. The van der Waals surface area contributed by atoms with Crippen LogP contribution in [0.5, 0.6) is 0 Å². The van der Waals surface area contributed by atoms with Gasteiger partial charge in [0.15, 0.2) is 0 Å². The Bertz CT molecular complexity index is 422. The zero-order valence-electron chi connectivity index (χ0n) is 13.8. The third-order valence-corrected chi connectivity index (χ3v) is 3.05. The molecule has 0 aromatic heterocycles. The molecule has 20 heavy (non-hydrogen) atoms. The van der Waals surface area contributed by atoms with Gasteiger partial charge < -0.3 is 9.84 Å². The molecule has 0 rings (SSSR count). The minimum atomic E-state index is -0.745. The van der Waals surface area contributed by atoms with Gasteiger partial charge in [-0.05, 0) is 24.8 Å². The molecule has 0 unspecified atom stereocenters. The largest absolute Gasteiger partial charge is 0.466 e. The van der Waals surface area contributed by atoms with Crippen molar-refractivity contribution >= 4 is 5.97 Å². The highest BCUT2D eigenvalue weighted by molar-refractivity contribution is 5.88. The maximum atomic E-state index is 11.4. The average molecular weight is 280 g/mol. The Balaban J connectivity index is 5.02. The predicted molar refractivity (Wildman–Crippen MR) is 83.3 cm³/mol. The lowest BCUT2D eigenvalue weighted by Crippen LogP contribution is -2.24. The van der Waals surface area contributed by atoms with E-state index in [4.69, 9.17) is 0 Å². The van der Waals surface area contributed by atoms with Gasteiger partial charge >= 0.3 is 5.97 Å². The van der Waals surface area contributed by atoms with Crippen LogP contribution in [0, 0.1) is 11.3 Å². The van der Waals surface area contributed by atoms with E-state index in [1.807, 2.05) is 19.9 Å². The van der Waals surface area contributed by atoms with Crippen molar-refractivity contribution < 1.29 is 14.6 Å². The normalized spacial score (nSPS) is 16.6. The minimum Gasteiger partial charge on any atom is -0.466 e. The summed E-state index contributed by atoms with van der Waals surface area (Å²) in [5, 5.41) is 10.3. The third kappa shape index (κ3) is 6.20. The standard InChI is InChI=1S/C17H28O3/c1-11(10-17(5,6)7)9-12(2)15(18)13(3)14(4)16(19)20-8/h9-10,13,15,18H,4H2,1-3,5-8H3/b11-10+,12-9+/t13-,15+/m0/s1. The van der Waals surface area contributed by atoms with Crippen molar-refractivity contribution in [2.75, 3.05) is 7.11 Å². The number of hydrogen-bond donors (Lipinski definition) is 1. The van der Waals surface area contributed by atoms with Gasteiger partial charge in [0.05, 0.1) is 13.2 Å². The SMILES string of the molecule is C=C(C(=O)OC)[C@H](C)[C@H](O)/C(C)=C/C(C)=C/C(C)(C)C. The summed E-state index contributed by atoms with van der Waals surface area (Å²) in [7, 11) is 1.31. The molecule has 3 heteroatoms. The van der Waals surface area contributed by atoms with Gasteiger partial charge in [-0.15, -0.1) is 0 Å². The van der Waals surface area contributed by atoms with Gasteiger partial charge in [-0.1, -0.05) is 52.0 Å². The maximum absolute atomic E-state index is 11.4. The molecular formula is C17H28O3. The van der Waals surface area contributed by atoms with Gasteiger partial charge in [-0.3, -0.25) is 0 Å². The second-order valence-electron chi connectivity index (χ2n) is 6.39. The molecule has 0 aliphatic heterocycles. The summed E-state index contributed by atoms with van der Waals surface area (Å²) in [5.74, 6) is -0.854. The topological polar surface area (TPSA) is 46.5 Å². The van der Waals surface area contributed by atoms with E-state index in [1.54, 1.807) is 6.92 Å². The first-order chi connectivity index (χ1) is 8.99. The van der Waals surface area contributed by atoms with Crippen molar-refractivity contribution in [1.82, 2.24) is 0 Å². The van der Waals surface area contributed by atoms with E-state index in [0.29, 0.717) is 0 Å². The predicted octanol–water partition coefficient (Wildman–Crippen LogP) is 3.65. The number of methoxy groups -OCH3 is 1. The summed E-state index contributed by atoms with van der Waals surface area (Å²) in [6.45, 7) is 15.7. The van der Waals surface area contributed by atoms with Crippen LogP contribution in [0.1, 0.15) is 41.5 Å². The first-order valence-electron chi connectivity index (χ1n) is 6.82. The number of aliphatic hydroxyl groups excluding tert-OH is 1. The second kappa shape index (κ2) is 7.44. The van der Waals surface area contributed by atoms with Crippen LogP contribution in [0.2, 0.25) is 0 Å². The Kier molecular flexibility index (Phi) is 6.94. The number of ether oxygens (including phenoxy) is 1. The van der Waals surface area contributed by atoms with E-state index in [2.05, 4.69) is 38.2 Å². The van der Waals surface area contributed by atoms with Crippen LogP contribution in [0.15, 0.2) is 35.5 Å². The molecule has 0 heterocycles. The number of hydrogen-bond acceptors (Lipinski definition) is 3. The smallest absolute Gasteiger partial charge is 0.333 e. The highest BCUT2D eigenvalue weighted by atomic mass is 16.5. The molecule has 0 saturated heterocycles. The molecule has 0 fully saturated rings. The highest BCUT2D eigenvalue weighted by Crippen LogP contribution is 2.23. The molecule has 0 amide bonds. The lowest BCUT2D eigenvalue weighted by molar-refractivity contribution is -0.137. The highest BCUT2D eigenvalue weighted by Gasteiger charge is 2.23. The van der Waals surface area contributed by atoms with E-state index in [0.717, 1.165) is 11.1 Å². The molecule has 1 N–H and O–H groups in total. The molecule has 3 nitrogen and oxygen atoms in total. The van der Waals surface area contributed by atoms with Crippen LogP contribution in [0.25, 0.3) is 0 Å². The van der Waals surface area contributed by atoms with E-state index >= 15 is 0 Å². The molecule has 0 aromatic carbocycles. The summed E-state index contributed by atoms with van der Waals surface area (Å²) in [4.78, 5) is 11.4. The van der Waals surface area contributed by atoms with Crippen LogP contribution in [0.3, 0.4) is 0 Å². The molecule has 0 bridgehead atoms. The van der Waals surface area contributed by atoms with Crippen molar-refractivity contribution in [3.8, 4) is 0 Å². The number of esters is 1. The fourth-order valence-corrected chi connectivity index (χ4v) is 2.07. The fourth-order valence-electron chi connectivity index (χ4n) is 2.07. The van der Waals surface area contributed by atoms with Gasteiger partial charge in [0.25, 0.3) is 0 Å². The van der Waals surface area contributed by atoms with Gasteiger partial charge in [-0.2, -0.15) is 0 Å². The van der Waals surface area contributed by atoms with Crippen molar-refractivity contribution in [3.05, 3.63) is 35.5 Å². The Morgan fingerprint density at radius 2 is 1.80 bits per heavy atom. The first kappa shape index (κ1) is 18.7. The zero-order valence-corrected chi connectivity index (χ0v) is 13.8. The summed E-state index contributed by atoms with van der Waals surface area (Å²) in [6.07, 6.45) is 3.34. The summed E-state index contributed by atoms with van der Waals surface area (Å²) in [6, 6.07) is 0. The Morgan fingerprint density at radius 1 is 1.30 bits per heavy atom. The van der Waals surface area contributed by atoms with E-state index in [9.17, 15) is 9.90 Å². The first-order valence-corrected chi connectivity index (χ1v) is 6.82. The number of rotatable bonds is 5. The maximum Gasteiger partial charge on any atom is 0.333 e. The number of carbonyl (C=O) groups excluding carboxylic acids is 1. The Labute approximate surface area is 123 Å². The quantitative estimate of drug-likeness (QED) is 0.475. The van der Waals surface area contributed by atoms with E-state index in [1.165, 1.54) is 7.11 Å². The molecule has 0 aromatic rings. The average Bonchev–Trinajstić information content (AvgIpc) is 2.32. The molecule has 0 spiro atoms. The van der Waals surface area contributed by atoms with Crippen LogP contribution in [-0.2, 0) is 9.53 Å². The molecule has 0 saturated carbocycles. The van der Waals surface area contributed by atoms with Crippen molar-refractivity contribution in [2.45, 2.75) is 47.6 Å². The van der Waals surface area contributed by atoms with Crippen molar-refractivity contribution in [3.63, 3.8) is 0 Å². The van der Waals surface area contributed by atoms with Gasteiger partial charge in [0, 0.05) is 11.5 Å². The third-order valence-electron chi connectivity index (χ3n) is 3.05. The molecular weight excluding hydrogens is 252 g/mol. The van der Waals surface area contributed by atoms with E-state index in [-0.39, 0.29) is 16.9 Å². The molecule has 0 aliphatic carbocycles. The van der Waals surface area contributed by atoms with Crippen molar-refractivity contribution in [2.24, 2.45) is 11.3 Å². The lowest BCUT2D eigenvalue weighted by atomic mass is 9.89. The van der Waals surface area contributed by atoms with Crippen LogP contribution in [0.4, 0.5) is 0 Å². The second-order valence-corrected chi connectivity index (χ2v) is 6.39. The van der Waals surface area contributed by atoms with Crippen molar-refractivity contribution in [1.29, 1.82) is 0 Å². The van der Waals surface area contributed by atoms with Crippen LogP contribution in [-0.4, -0.2) is 24.3 Å². The minimum absolute atomic E-state index is 0.0903. The summed E-state index contributed by atoms with van der Waals surface area (Å²) >= 11 is 0. The fraction of sp³-hybridized carbons (Fsp3) is 0.588. The molecule has 0 aliphatic rings. The van der Waals surface area contributed by atoms with Gasteiger partial charge in [0.2, 0.25) is 0 Å². The van der Waals surface area contributed by atoms with Gasteiger partial charge in [0.1, 0.15) is 0 Å². The Hall–Kier alpha value is -1.35. The van der Waals surface area contributed by atoms with Gasteiger partial charge in [-0.25, -0.2) is 4.79 Å². The lowest BCUT2D eigenvalue weighted by Gasteiger charge is -2.21. The van der Waals surface area contributed by atoms with Crippen LogP contribution >= 0.6 is 0 Å².